The molecule has 0 spiro atoms. The molecule has 0 aliphatic heterocycles. The predicted molar refractivity (Wildman–Crippen MR) is 79.2 cm³/mol. The second-order valence-electron chi connectivity index (χ2n) is 4.06. The Labute approximate surface area is 118 Å². The molecule has 0 aromatic heterocycles. The van der Waals surface area contributed by atoms with Crippen molar-refractivity contribution in [2.45, 2.75) is 20.3 Å². The average Bonchev–Trinajstić information content (AvgIpc) is 2.32. The Kier molecular flexibility index (Phi) is 5.56. The summed E-state index contributed by atoms with van der Waals surface area (Å²) in [5.74, 6) is -0.0336. The van der Waals surface area contributed by atoms with Gasteiger partial charge in [-0.25, -0.2) is 0 Å². The molecule has 3 nitrogen and oxygen atoms in total. The molecule has 2 N–H and O–H groups in total. The first-order valence-electron chi connectivity index (χ1n) is 5.79. The maximum atomic E-state index is 12.3. The third-order valence-electron chi connectivity index (χ3n) is 2.73. The highest BCUT2D eigenvalue weighted by atomic mass is 35.5. The number of amides is 1. The zero-order valence-electron chi connectivity index (χ0n) is 10.6. The Morgan fingerprint density at radius 3 is 2.72 bits per heavy atom. The van der Waals surface area contributed by atoms with E-state index in [0.717, 1.165) is 5.56 Å². The fourth-order valence-electron chi connectivity index (χ4n) is 1.64. The normalized spacial score (nSPS) is 10.2. The highest BCUT2D eigenvalue weighted by Crippen LogP contribution is 2.17. The lowest BCUT2D eigenvalue weighted by Gasteiger charge is -2.21. The highest BCUT2D eigenvalue weighted by molar-refractivity contribution is 7.80. The van der Waals surface area contributed by atoms with Gasteiger partial charge in [-0.2, -0.15) is 0 Å². The van der Waals surface area contributed by atoms with Crippen LogP contribution in [0.1, 0.15) is 29.3 Å². The number of nitrogens with two attached hydrogens (primary N) is 1. The van der Waals surface area contributed by atoms with Crippen LogP contribution in [-0.2, 0) is 0 Å². The van der Waals surface area contributed by atoms with Crippen LogP contribution in [0.15, 0.2) is 18.2 Å². The first kappa shape index (κ1) is 14.9. The number of hydrogen-bond donors (Lipinski definition) is 1. The lowest BCUT2D eigenvalue weighted by atomic mass is 10.1. The fourth-order valence-corrected chi connectivity index (χ4v) is 1.91. The van der Waals surface area contributed by atoms with Gasteiger partial charge in [0.1, 0.15) is 0 Å². The first-order chi connectivity index (χ1) is 8.45. The van der Waals surface area contributed by atoms with Crippen molar-refractivity contribution in [2.75, 3.05) is 13.1 Å². The van der Waals surface area contributed by atoms with Gasteiger partial charge in [-0.3, -0.25) is 4.79 Å². The standard InChI is InChI=1S/C13H17ClN2OS/c1-3-16(7-6-12(15)18)13(17)11-8-10(14)5-4-9(11)2/h4-5,8H,3,6-7H2,1-2H3,(H2,15,18). The lowest BCUT2D eigenvalue weighted by Crippen LogP contribution is -2.34. The molecule has 0 radical (unpaired) electrons. The summed E-state index contributed by atoms with van der Waals surface area (Å²) < 4.78 is 0. The van der Waals surface area contributed by atoms with Gasteiger partial charge < -0.3 is 10.6 Å². The molecule has 0 heterocycles. The number of hydrogen-bond acceptors (Lipinski definition) is 2. The highest BCUT2D eigenvalue weighted by Gasteiger charge is 2.16. The molecule has 0 atom stereocenters. The summed E-state index contributed by atoms with van der Waals surface area (Å²) in [4.78, 5) is 14.5. The van der Waals surface area contributed by atoms with Gasteiger partial charge in [0.15, 0.2) is 0 Å². The van der Waals surface area contributed by atoms with Crippen LogP contribution in [-0.4, -0.2) is 28.9 Å². The van der Waals surface area contributed by atoms with Crippen molar-refractivity contribution in [1.82, 2.24) is 4.90 Å². The molecule has 1 aromatic rings. The summed E-state index contributed by atoms with van der Waals surface area (Å²) in [6, 6.07) is 5.32. The van der Waals surface area contributed by atoms with Gasteiger partial charge >= 0.3 is 0 Å². The first-order valence-corrected chi connectivity index (χ1v) is 6.58. The molecule has 5 heteroatoms. The maximum Gasteiger partial charge on any atom is 0.254 e. The summed E-state index contributed by atoms with van der Waals surface area (Å²) in [6.07, 6.45) is 0.536. The molecule has 0 saturated carbocycles. The van der Waals surface area contributed by atoms with Gasteiger partial charge in [-0.05, 0) is 31.5 Å². The third kappa shape index (κ3) is 3.96. The van der Waals surface area contributed by atoms with Crippen molar-refractivity contribution >= 4 is 34.7 Å². The predicted octanol–water partition coefficient (Wildman–Crippen LogP) is 2.79. The summed E-state index contributed by atoms with van der Waals surface area (Å²) in [5.41, 5.74) is 7.01. The molecule has 1 rings (SSSR count). The molecule has 1 amide bonds. The number of nitrogens with zero attached hydrogens (tertiary/aromatic N) is 1. The van der Waals surface area contributed by atoms with Crippen molar-refractivity contribution in [2.24, 2.45) is 5.73 Å². The molecule has 98 valence electrons. The van der Waals surface area contributed by atoms with Gasteiger partial charge in [0.2, 0.25) is 0 Å². The van der Waals surface area contributed by atoms with Gasteiger partial charge in [0.25, 0.3) is 5.91 Å². The molecular formula is C13H17ClN2OS. The molecule has 1 aromatic carbocycles. The van der Waals surface area contributed by atoms with Gasteiger partial charge in [-0.1, -0.05) is 29.9 Å². The van der Waals surface area contributed by atoms with Crippen molar-refractivity contribution in [3.05, 3.63) is 34.3 Å². The molecule has 0 aliphatic carbocycles. The summed E-state index contributed by atoms with van der Waals surface area (Å²) in [5, 5.41) is 0.564. The van der Waals surface area contributed by atoms with E-state index in [-0.39, 0.29) is 5.91 Å². The number of halogens is 1. The monoisotopic (exact) mass is 284 g/mol. The SMILES string of the molecule is CCN(CCC(N)=S)C(=O)c1cc(Cl)ccc1C. The van der Waals surface area contributed by atoms with Crippen LogP contribution in [0, 0.1) is 6.92 Å². The zero-order valence-corrected chi connectivity index (χ0v) is 12.1. The third-order valence-corrected chi connectivity index (χ3v) is 3.17. The maximum absolute atomic E-state index is 12.3. The minimum atomic E-state index is -0.0336. The van der Waals surface area contributed by atoms with Crippen LogP contribution < -0.4 is 5.73 Å². The number of rotatable bonds is 5. The van der Waals surface area contributed by atoms with Crippen LogP contribution in [0.5, 0.6) is 0 Å². The van der Waals surface area contributed by atoms with Gasteiger partial charge in [0, 0.05) is 30.1 Å². The Bertz CT molecular complexity index is 462. The van der Waals surface area contributed by atoms with E-state index < -0.39 is 0 Å². The van der Waals surface area contributed by atoms with Crippen molar-refractivity contribution < 1.29 is 4.79 Å². The number of carbonyl (C=O) groups excluding carboxylic acids is 1. The van der Waals surface area contributed by atoms with E-state index in [1.54, 1.807) is 17.0 Å². The number of carbonyl (C=O) groups is 1. The van der Waals surface area contributed by atoms with Crippen LogP contribution in [0.4, 0.5) is 0 Å². The molecule has 0 unspecified atom stereocenters. The Morgan fingerprint density at radius 1 is 1.50 bits per heavy atom. The molecule has 0 saturated heterocycles. The van der Waals surface area contributed by atoms with Crippen LogP contribution in [0.25, 0.3) is 0 Å². The summed E-state index contributed by atoms with van der Waals surface area (Å²) in [7, 11) is 0. The minimum Gasteiger partial charge on any atom is -0.393 e. The second kappa shape index (κ2) is 6.71. The van der Waals surface area contributed by atoms with E-state index >= 15 is 0 Å². The van der Waals surface area contributed by atoms with Crippen LogP contribution in [0.2, 0.25) is 5.02 Å². The quantitative estimate of drug-likeness (QED) is 0.846. The minimum absolute atomic E-state index is 0.0336. The van der Waals surface area contributed by atoms with E-state index in [2.05, 4.69) is 0 Å². The number of thiocarbonyl (C=S) groups is 1. The second-order valence-corrected chi connectivity index (χ2v) is 5.02. The van der Waals surface area contributed by atoms with Crippen molar-refractivity contribution in [1.29, 1.82) is 0 Å². The Morgan fingerprint density at radius 2 is 2.17 bits per heavy atom. The molecule has 0 fully saturated rings. The van der Waals surface area contributed by atoms with Crippen molar-refractivity contribution in [3.63, 3.8) is 0 Å². The molecule has 0 aliphatic rings. The fraction of sp³-hybridized carbons (Fsp3) is 0.385. The number of aryl methyl sites for hydroxylation is 1. The van der Waals surface area contributed by atoms with Crippen LogP contribution in [0.3, 0.4) is 0 Å². The summed E-state index contributed by atoms with van der Waals surface area (Å²) in [6.45, 7) is 4.98. The Balaban J connectivity index is 2.89. The number of benzene rings is 1. The van der Waals surface area contributed by atoms with Crippen LogP contribution >= 0.6 is 23.8 Å². The molecule has 0 bridgehead atoms. The summed E-state index contributed by atoms with van der Waals surface area (Å²) >= 11 is 10.8. The topological polar surface area (TPSA) is 46.3 Å². The largest absolute Gasteiger partial charge is 0.393 e. The average molecular weight is 285 g/mol. The van der Waals surface area contributed by atoms with Gasteiger partial charge in [0.05, 0.1) is 4.99 Å². The van der Waals surface area contributed by atoms with Gasteiger partial charge in [-0.15, -0.1) is 0 Å². The lowest BCUT2D eigenvalue weighted by molar-refractivity contribution is 0.0768. The van der Waals surface area contributed by atoms with E-state index in [1.807, 2.05) is 19.9 Å². The molecular weight excluding hydrogens is 268 g/mol. The van der Waals surface area contributed by atoms with E-state index in [0.29, 0.717) is 35.1 Å². The van der Waals surface area contributed by atoms with E-state index in [1.165, 1.54) is 0 Å². The van der Waals surface area contributed by atoms with E-state index in [4.69, 9.17) is 29.6 Å². The smallest absolute Gasteiger partial charge is 0.254 e. The zero-order chi connectivity index (χ0) is 13.7. The van der Waals surface area contributed by atoms with Crippen molar-refractivity contribution in [3.8, 4) is 0 Å². The van der Waals surface area contributed by atoms with E-state index in [9.17, 15) is 4.79 Å². The molecule has 18 heavy (non-hydrogen) atoms. The Hall–Kier alpha value is -1.13.